The molecule has 0 aliphatic carbocycles. The molecule has 0 aliphatic heterocycles. The molecule has 6 aromatic carbocycles. The van der Waals surface area contributed by atoms with Crippen molar-refractivity contribution in [3.63, 3.8) is 0 Å². The van der Waals surface area contributed by atoms with Gasteiger partial charge < -0.3 is 9.47 Å². The third-order valence-electron chi connectivity index (χ3n) is 9.04. The molecule has 0 fully saturated rings. The second-order valence-corrected chi connectivity index (χ2v) is 18.1. The van der Waals surface area contributed by atoms with Crippen LogP contribution in [0.1, 0.15) is 44.5 Å². The van der Waals surface area contributed by atoms with Crippen molar-refractivity contribution in [1.82, 2.24) is 0 Å². The Balaban J connectivity index is 0.00000157. The number of ether oxygens (including phenoxy) is 2. The van der Waals surface area contributed by atoms with Gasteiger partial charge in [-0.25, -0.2) is 0 Å². The zero-order valence-electron chi connectivity index (χ0n) is 32.5. The van der Waals surface area contributed by atoms with Crippen molar-refractivity contribution in [1.29, 1.82) is 0 Å². The van der Waals surface area contributed by atoms with E-state index in [1.54, 1.807) is 54.2 Å². The molecule has 6 rings (SSSR count). The van der Waals surface area contributed by atoms with Gasteiger partial charge in [-0.15, -0.1) is 0 Å². The van der Waals surface area contributed by atoms with Gasteiger partial charge in [-0.2, -0.15) is 0 Å². The second-order valence-electron chi connectivity index (χ2n) is 13.8. The molecule has 290 valence electrons. The molecule has 0 heterocycles. The first-order valence-electron chi connectivity index (χ1n) is 17.5. The van der Waals surface area contributed by atoms with Crippen LogP contribution in [0.3, 0.4) is 0 Å². The fourth-order valence-corrected chi connectivity index (χ4v) is 13.2. The molecule has 0 radical (unpaired) electrons. The average Bonchev–Trinajstić information content (AvgIpc) is 3.12. The predicted molar refractivity (Wildman–Crippen MR) is 232 cm³/mol. The fraction of sp³-hybridized carbons (Fsp3) is 0.217. The Morgan fingerprint density at radius 1 is 0.370 bits per heavy atom. The normalized spacial score (nSPS) is 10.8. The maximum absolute atomic E-state index is 6.34. The standard InChI is InChI=1S/C46H48O2P2.2Au.2ClH/c1-29-17-30(2)22-37(21-29)49(38-23-31(3)18-32(4)24-38)43-15-11-13-41(47-9)45(43)46-42(48-10)14-12-16-44(46)50(39-25-33(5)19-34(6)26-39)40-27-35(7)20-36(8)28-40;;;;/h11-28H,1-10H3;;;2*1H/q;2*+1;;/p-2. The molecule has 2 nitrogen and oxygen atoms in total. The van der Waals surface area contributed by atoms with Crippen LogP contribution in [0, 0.1) is 55.4 Å². The van der Waals surface area contributed by atoms with E-state index in [2.05, 4.69) is 183 Å². The van der Waals surface area contributed by atoms with E-state index in [9.17, 15) is 0 Å². The van der Waals surface area contributed by atoms with Crippen LogP contribution in [0.15, 0.2) is 109 Å². The Kier molecular flexibility index (Phi) is 17.2. The van der Waals surface area contributed by atoms with Crippen molar-refractivity contribution in [2.24, 2.45) is 0 Å². The van der Waals surface area contributed by atoms with E-state index in [0.29, 0.717) is 0 Å². The molecule has 54 heavy (non-hydrogen) atoms. The van der Waals surface area contributed by atoms with Crippen LogP contribution in [0.2, 0.25) is 0 Å². The van der Waals surface area contributed by atoms with E-state index in [1.807, 2.05) is 0 Å². The molecule has 0 bridgehead atoms. The molecule has 0 spiro atoms. The molecule has 0 aliphatic rings. The van der Waals surface area contributed by atoms with E-state index >= 15 is 0 Å². The summed E-state index contributed by atoms with van der Waals surface area (Å²) in [5.41, 5.74) is 12.4. The summed E-state index contributed by atoms with van der Waals surface area (Å²) in [6.45, 7) is 17.6. The van der Waals surface area contributed by atoms with Gasteiger partial charge in [-0.1, -0.05) is 142 Å². The van der Waals surface area contributed by atoms with E-state index in [1.165, 1.54) is 76.3 Å². The van der Waals surface area contributed by atoms with Crippen molar-refractivity contribution < 1.29 is 49.4 Å². The third kappa shape index (κ3) is 10.6. The van der Waals surface area contributed by atoms with E-state index in [0.717, 1.165) is 22.6 Å². The van der Waals surface area contributed by atoms with Crippen LogP contribution in [0.5, 0.6) is 11.5 Å². The van der Waals surface area contributed by atoms with Crippen LogP contribution in [-0.2, 0) is 40.0 Å². The summed E-state index contributed by atoms with van der Waals surface area (Å²) in [7, 11) is 10.8. The topological polar surface area (TPSA) is 18.5 Å². The zero-order chi connectivity index (χ0) is 39.7. The summed E-state index contributed by atoms with van der Waals surface area (Å²) < 4.78 is 12.7. The van der Waals surface area contributed by atoms with Crippen LogP contribution < -0.4 is 41.3 Å². The molecule has 0 atom stereocenters. The van der Waals surface area contributed by atoms with Crippen molar-refractivity contribution in [3.05, 3.63) is 154 Å². The van der Waals surface area contributed by atoms with Gasteiger partial charge in [0.1, 0.15) is 11.5 Å². The van der Waals surface area contributed by atoms with Crippen molar-refractivity contribution >= 4 is 66.0 Å². The van der Waals surface area contributed by atoms with Crippen LogP contribution >= 0.6 is 34.2 Å². The quantitative estimate of drug-likeness (QED) is 0.106. The van der Waals surface area contributed by atoms with Gasteiger partial charge in [0.05, 0.1) is 14.2 Å². The first-order valence-corrected chi connectivity index (χ1v) is 25.5. The molecule has 8 heteroatoms. The molecule has 0 aromatic heterocycles. The number of rotatable bonds is 9. The van der Waals surface area contributed by atoms with Crippen molar-refractivity contribution in [3.8, 4) is 22.6 Å². The third-order valence-corrected chi connectivity index (χ3v) is 13.8. The first kappa shape index (κ1) is 44.6. The summed E-state index contributed by atoms with van der Waals surface area (Å²) in [5, 5.41) is 7.85. The summed E-state index contributed by atoms with van der Waals surface area (Å²) >= 11 is 3.50. The van der Waals surface area contributed by atoms with E-state index in [-0.39, 0.29) is 0 Å². The number of benzene rings is 6. The van der Waals surface area contributed by atoms with Gasteiger partial charge in [0, 0.05) is 11.1 Å². The Hall–Kier alpha value is -2.16. The zero-order valence-corrected chi connectivity index (χ0v) is 40.1. The van der Waals surface area contributed by atoms with Gasteiger partial charge >= 0.3 is 58.4 Å². The van der Waals surface area contributed by atoms with Crippen LogP contribution in [0.25, 0.3) is 11.1 Å². The fourth-order valence-electron chi connectivity index (χ4n) is 7.43. The predicted octanol–water partition coefficient (Wildman–Crippen LogP) is 10.7. The number of methoxy groups -OCH3 is 2. The number of hydrogen-bond acceptors (Lipinski definition) is 2. The van der Waals surface area contributed by atoms with Crippen LogP contribution in [-0.4, -0.2) is 14.2 Å². The summed E-state index contributed by atoms with van der Waals surface area (Å²) in [4.78, 5) is 0. The number of halogens is 2. The molecule has 0 unspecified atom stereocenters. The van der Waals surface area contributed by atoms with E-state index in [4.69, 9.17) is 9.47 Å². The number of aryl methyl sites for hydroxylation is 8. The van der Waals surface area contributed by atoms with Crippen LogP contribution in [0.4, 0.5) is 0 Å². The van der Waals surface area contributed by atoms with Crippen molar-refractivity contribution in [2.75, 3.05) is 14.2 Å². The summed E-state index contributed by atoms with van der Waals surface area (Å²) in [5.74, 6) is 1.70. The molecule has 0 saturated carbocycles. The SMILES string of the molecule is COc1cccc(P(c2cc(C)cc(C)c2)c2cc(C)cc(C)c2)c1-c1c(OC)cccc1P(c1cc(C)cc(C)c1)c1cc(C)cc(C)c1.[Cl][Au].[Cl][Au]. The summed E-state index contributed by atoms with van der Waals surface area (Å²) in [6.07, 6.45) is 0. The first-order chi connectivity index (χ1) is 25.9. The van der Waals surface area contributed by atoms with Gasteiger partial charge in [-0.05, 0) is 115 Å². The van der Waals surface area contributed by atoms with Gasteiger partial charge in [-0.3, -0.25) is 0 Å². The Morgan fingerprint density at radius 2 is 0.593 bits per heavy atom. The molecule has 6 aromatic rings. The van der Waals surface area contributed by atoms with Gasteiger partial charge in [0.25, 0.3) is 0 Å². The Labute approximate surface area is 358 Å². The average molecular weight is 1160 g/mol. The molecular weight excluding hydrogens is 1110 g/mol. The Bertz CT molecular complexity index is 1880. The molecule has 0 N–H and O–H groups in total. The minimum atomic E-state index is -0.984. The molecule has 0 saturated heterocycles. The second kappa shape index (κ2) is 20.8. The van der Waals surface area contributed by atoms with Gasteiger partial charge in [0.2, 0.25) is 0 Å². The Morgan fingerprint density at radius 3 is 0.796 bits per heavy atom. The van der Waals surface area contributed by atoms with Gasteiger partial charge in [0.15, 0.2) is 0 Å². The van der Waals surface area contributed by atoms with E-state index < -0.39 is 15.8 Å². The molecule has 0 amide bonds. The number of hydrogen-bond donors (Lipinski definition) is 0. The minimum absolute atomic E-state index is 0.852. The maximum atomic E-state index is 6.34. The summed E-state index contributed by atoms with van der Waals surface area (Å²) in [6, 6.07) is 41.3. The van der Waals surface area contributed by atoms with Crippen molar-refractivity contribution in [2.45, 2.75) is 55.4 Å². The molecular formula is C46H48Au2Cl2O2P2. The monoisotopic (exact) mass is 1160 g/mol.